The Morgan fingerprint density at radius 2 is 1.96 bits per heavy atom. The van der Waals surface area contributed by atoms with Crippen molar-refractivity contribution in [2.24, 2.45) is 0 Å². The molecule has 1 aliphatic carbocycles. The zero-order valence-electron chi connectivity index (χ0n) is 15.1. The van der Waals surface area contributed by atoms with E-state index in [9.17, 15) is 4.79 Å². The third kappa shape index (κ3) is 4.22. The first-order valence-electron chi connectivity index (χ1n) is 9.28. The van der Waals surface area contributed by atoms with E-state index >= 15 is 0 Å². The normalized spacial score (nSPS) is 17.4. The molecule has 0 saturated carbocycles. The molecule has 0 aliphatic heterocycles. The van der Waals surface area contributed by atoms with Gasteiger partial charge in [-0.15, -0.1) is 0 Å². The molecule has 3 heteroatoms. The number of rotatable bonds is 6. The van der Waals surface area contributed by atoms with Crippen molar-refractivity contribution >= 4 is 5.91 Å². The summed E-state index contributed by atoms with van der Waals surface area (Å²) >= 11 is 0. The van der Waals surface area contributed by atoms with Gasteiger partial charge in [0.15, 0.2) is 6.61 Å². The minimum absolute atomic E-state index is 0.0549. The van der Waals surface area contributed by atoms with Crippen LogP contribution in [0.15, 0.2) is 48.5 Å². The fourth-order valence-electron chi connectivity index (χ4n) is 3.52. The van der Waals surface area contributed by atoms with Gasteiger partial charge in [0.05, 0.1) is 6.04 Å². The summed E-state index contributed by atoms with van der Waals surface area (Å²) in [5.74, 6) is 1.18. The third-order valence-corrected chi connectivity index (χ3v) is 5.13. The number of carbonyl (C=O) groups excluding carboxylic acids is 1. The number of amides is 1. The number of fused-ring (bicyclic) bond motifs is 1. The van der Waals surface area contributed by atoms with Gasteiger partial charge < -0.3 is 10.1 Å². The van der Waals surface area contributed by atoms with Crippen molar-refractivity contribution in [2.45, 2.75) is 51.5 Å². The van der Waals surface area contributed by atoms with Crippen LogP contribution in [0.2, 0.25) is 0 Å². The molecular formula is C22H27NO2. The van der Waals surface area contributed by atoms with E-state index in [-0.39, 0.29) is 18.6 Å². The largest absolute Gasteiger partial charge is 0.483 e. The van der Waals surface area contributed by atoms with Gasteiger partial charge in [-0.3, -0.25) is 4.79 Å². The highest BCUT2D eigenvalue weighted by Crippen LogP contribution is 2.30. The van der Waals surface area contributed by atoms with Crippen molar-refractivity contribution < 1.29 is 9.53 Å². The van der Waals surface area contributed by atoms with Gasteiger partial charge in [0, 0.05) is 0 Å². The molecule has 3 nitrogen and oxygen atoms in total. The Morgan fingerprint density at radius 3 is 2.80 bits per heavy atom. The summed E-state index contributed by atoms with van der Waals surface area (Å²) in [5.41, 5.74) is 3.77. The number of hydrogen-bond acceptors (Lipinski definition) is 2. The van der Waals surface area contributed by atoms with Crippen LogP contribution in [0.1, 0.15) is 61.8 Å². The zero-order valence-corrected chi connectivity index (χ0v) is 15.1. The van der Waals surface area contributed by atoms with Crippen LogP contribution in [0.3, 0.4) is 0 Å². The summed E-state index contributed by atoms with van der Waals surface area (Å²) < 4.78 is 5.84. The number of carbonyl (C=O) groups is 1. The van der Waals surface area contributed by atoms with Crippen LogP contribution in [0.4, 0.5) is 0 Å². The molecule has 0 spiro atoms. The van der Waals surface area contributed by atoms with Crippen LogP contribution in [0.5, 0.6) is 5.75 Å². The number of para-hydroxylation sites is 1. The summed E-state index contributed by atoms with van der Waals surface area (Å²) in [6, 6.07) is 16.5. The second kappa shape index (κ2) is 8.19. The van der Waals surface area contributed by atoms with E-state index in [2.05, 4.69) is 43.4 Å². The Morgan fingerprint density at radius 1 is 1.20 bits per heavy atom. The van der Waals surface area contributed by atoms with Crippen LogP contribution in [-0.2, 0) is 11.2 Å². The quantitative estimate of drug-likeness (QED) is 0.824. The Bertz CT molecular complexity index is 725. The second-order valence-corrected chi connectivity index (χ2v) is 6.85. The number of benzene rings is 2. The standard InChI is InChI=1S/C22H27NO2/c1-3-16(2)18-11-6-7-14-21(18)25-15-22(24)23-20-13-8-10-17-9-4-5-12-19(17)20/h4-7,9,11-12,14,16,20H,3,8,10,13,15H2,1-2H3,(H,23,24). The molecule has 2 unspecified atom stereocenters. The SMILES string of the molecule is CCC(C)c1ccccc1OCC(=O)NC1CCCc2ccccc21. The van der Waals surface area contributed by atoms with Crippen LogP contribution in [0.25, 0.3) is 0 Å². The van der Waals surface area contributed by atoms with Crippen molar-refractivity contribution in [3.05, 3.63) is 65.2 Å². The Labute approximate surface area is 150 Å². The molecule has 0 saturated heterocycles. The molecule has 1 amide bonds. The lowest BCUT2D eigenvalue weighted by Crippen LogP contribution is -2.34. The monoisotopic (exact) mass is 337 g/mol. The number of hydrogen-bond donors (Lipinski definition) is 1. The van der Waals surface area contributed by atoms with Gasteiger partial charge in [-0.2, -0.15) is 0 Å². The maximum absolute atomic E-state index is 12.4. The van der Waals surface area contributed by atoms with Crippen LogP contribution >= 0.6 is 0 Å². The number of aryl methyl sites for hydroxylation is 1. The van der Waals surface area contributed by atoms with E-state index in [4.69, 9.17) is 4.74 Å². The molecular weight excluding hydrogens is 310 g/mol. The fourth-order valence-corrected chi connectivity index (χ4v) is 3.52. The van der Waals surface area contributed by atoms with Gasteiger partial charge in [-0.05, 0) is 54.4 Å². The molecule has 0 radical (unpaired) electrons. The predicted octanol–water partition coefficient (Wildman–Crippen LogP) is 4.77. The molecule has 1 aliphatic rings. The molecule has 0 fully saturated rings. The van der Waals surface area contributed by atoms with Crippen LogP contribution in [0, 0.1) is 0 Å². The highest BCUT2D eigenvalue weighted by molar-refractivity contribution is 5.78. The summed E-state index contributed by atoms with van der Waals surface area (Å²) in [6.07, 6.45) is 4.25. The van der Waals surface area contributed by atoms with Crippen molar-refractivity contribution in [2.75, 3.05) is 6.61 Å². The summed E-state index contributed by atoms with van der Waals surface area (Å²) in [5, 5.41) is 3.14. The van der Waals surface area contributed by atoms with E-state index in [0.29, 0.717) is 5.92 Å². The molecule has 1 N–H and O–H groups in total. The first kappa shape index (κ1) is 17.5. The maximum atomic E-state index is 12.4. The molecule has 25 heavy (non-hydrogen) atoms. The minimum atomic E-state index is -0.0549. The lowest BCUT2D eigenvalue weighted by atomic mass is 9.88. The van der Waals surface area contributed by atoms with Crippen LogP contribution in [-0.4, -0.2) is 12.5 Å². The summed E-state index contributed by atoms with van der Waals surface area (Å²) in [4.78, 5) is 12.4. The topological polar surface area (TPSA) is 38.3 Å². The Kier molecular flexibility index (Phi) is 5.75. The van der Waals surface area contributed by atoms with Gasteiger partial charge in [-0.1, -0.05) is 56.3 Å². The second-order valence-electron chi connectivity index (χ2n) is 6.85. The van der Waals surface area contributed by atoms with E-state index in [0.717, 1.165) is 31.4 Å². The first-order valence-corrected chi connectivity index (χ1v) is 9.28. The van der Waals surface area contributed by atoms with Crippen LogP contribution < -0.4 is 10.1 Å². The molecule has 2 aromatic carbocycles. The molecule has 2 aromatic rings. The first-order chi connectivity index (χ1) is 12.2. The summed E-state index contributed by atoms with van der Waals surface area (Å²) in [7, 11) is 0. The van der Waals surface area contributed by atoms with Gasteiger partial charge in [-0.25, -0.2) is 0 Å². The zero-order chi connectivity index (χ0) is 17.6. The molecule has 0 aromatic heterocycles. The summed E-state index contributed by atoms with van der Waals surface area (Å²) in [6.45, 7) is 4.40. The molecule has 3 rings (SSSR count). The average molecular weight is 337 g/mol. The smallest absolute Gasteiger partial charge is 0.258 e. The van der Waals surface area contributed by atoms with Gasteiger partial charge >= 0.3 is 0 Å². The Hall–Kier alpha value is -2.29. The maximum Gasteiger partial charge on any atom is 0.258 e. The minimum Gasteiger partial charge on any atom is -0.483 e. The highest BCUT2D eigenvalue weighted by Gasteiger charge is 2.21. The lowest BCUT2D eigenvalue weighted by molar-refractivity contribution is -0.124. The number of nitrogens with one attached hydrogen (secondary N) is 1. The van der Waals surface area contributed by atoms with Crippen molar-refractivity contribution in [3.63, 3.8) is 0 Å². The van der Waals surface area contributed by atoms with Crippen molar-refractivity contribution in [1.82, 2.24) is 5.32 Å². The van der Waals surface area contributed by atoms with E-state index in [1.54, 1.807) is 0 Å². The van der Waals surface area contributed by atoms with E-state index in [1.165, 1.54) is 16.7 Å². The van der Waals surface area contributed by atoms with Crippen molar-refractivity contribution in [3.8, 4) is 5.75 Å². The average Bonchev–Trinajstić information content (AvgIpc) is 2.66. The molecule has 2 atom stereocenters. The molecule has 132 valence electrons. The van der Waals surface area contributed by atoms with Crippen molar-refractivity contribution in [1.29, 1.82) is 0 Å². The number of ether oxygens (including phenoxy) is 1. The van der Waals surface area contributed by atoms with E-state index in [1.807, 2.05) is 24.3 Å². The van der Waals surface area contributed by atoms with E-state index < -0.39 is 0 Å². The third-order valence-electron chi connectivity index (χ3n) is 5.13. The molecule has 0 heterocycles. The lowest BCUT2D eigenvalue weighted by Gasteiger charge is -2.26. The van der Waals surface area contributed by atoms with Gasteiger partial charge in [0.25, 0.3) is 5.91 Å². The Balaban J connectivity index is 1.61. The predicted molar refractivity (Wildman–Crippen MR) is 101 cm³/mol. The molecule has 0 bridgehead atoms. The highest BCUT2D eigenvalue weighted by atomic mass is 16.5. The van der Waals surface area contributed by atoms with Gasteiger partial charge in [0.2, 0.25) is 0 Å². The fraction of sp³-hybridized carbons (Fsp3) is 0.409. The van der Waals surface area contributed by atoms with Gasteiger partial charge in [0.1, 0.15) is 5.75 Å².